The molecule has 0 bridgehead atoms. The van der Waals surface area contributed by atoms with Crippen LogP contribution in [0.5, 0.6) is 0 Å². The van der Waals surface area contributed by atoms with Crippen LogP contribution in [0.3, 0.4) is 0 Å². The summed E-state index contributed by atoms with van der Waals surface area (Å²) < 4.78 is 19.6. The lowest BCUT2D eigenvalue weighted by molar-refractivity contribution is -0.117. The zero-order valence-electron chi connectivity index (χ0n) is 15.1. The maximum Gasteiger partial charge on any atom is 0.258 e. The first-order valence-corrected chi connectivity index (χ1v) is 9.06. The standard InChI is InChI=1S/C21H17FN4O2/c1-12-2-5-16(22)18(8-12)26-11-15(10-19(26)27)20-24-21(28-25-20)14-4-3-13-6-7-23-17(13)9-14/h2-9,15,23H,10-11H2,1H3. The van der Waals surface area contributed by atoms with Crippen LogP contribution in [0.4, 0.5) is 10.1 Å². The van der Waals surface area contributed by atoms with Gasteiger partial charge in [0.1, 0.15) is 5.82 Å². The predicted molar refractivity (Wildman–Crippen MR) is 102 cm³/mol. The van der Waals surface area contributed by atoms with Crippen LogP contribution >= 0.6 is 0 Å². The second-order valence-electron chi connectivity index (χ2n) is 7.10. The molecule has 0 aliphatic carbocycles. The van der Waals surface area contributed by atoms with E-state index < -0.39 is 5.82 Å². The molecule has 1 saturated heterocycles. The number of aryl methyl sites for hydroxylation is 1. The van der Waals surface area contributed by atoms with Crippen LogP contribution in [0.15, 0.2) is 53.2 Å². The van der Waals surface area contributed by atoms with Crippen molar-refractivity contribution in [3.05, 3.63) is 65.9 Å². The Kier molecular flexibility index (Phi) is 3.75. The second-order valence-corrected chi connectivity index (χ2v) is 7.10. The number of aromatic amines is 1. The molecule has 2 aromatic carbocycles. The van der Waals surface area contributed by atoms with Crippen molar-refractivity contribution in [1.82, 2.24) is 15.1 Å². The molecule has 7 heteroatoms. The number of H-pyrrole nitrogens is 1. The molecule has 28 heavy (non-hydrogen) atoms. The van der Waals surface area contributed by atoms with E-state index in [1.54, 1.807) is 12.1 Å². The maximum absolute atomic E-state index is 14.2. The third-order valence-electron chi connectivity index (χ3n) is 5.13. The van der Waals surface area contributed by atoms with Gasteiger partial charge in [-0.2, -0.15) is 4.98 Å². The topological polar surface area (TPSA) is 75.0 Å². The van der Waals surface area contributed by atoms with Gasteiger partial charge >= 0.3 is 0 Å². The van der Waals surface area contributed by atoms with Crippen LogP contribution in [-0.4, -0.2) is 27.6 Å². The molecular formula is C21H17FN4O2. The molecule has 0 spiro atoms. The van der Waals surface area contributed by atoms with E-state index in [9.17, 15) is 9.18 Å². The summed E-state index contributed by atoms with van der Waals surface area (Å²) in [5.74, 6) is 0.0741. The SMILES string of the molecule is Cc1ccc(F)c(N2CC(c3noc(-c4ccc5cc[nH]c5c4)n3)CC2=O)c1. The number of hydrogen-bond donors (Lipinski definition) is 1. The fraction of sp³-hybridized carbons (Fsp3) is 0.190. The minimum Gasteiger partial charge on any atom is -0.361 e. The summed E-state index contributed by atoms with van der Waals surface area (Å²) in [6.07, 6.45) is 2.10. The smallest absolute Gasteiger partial charge is 0.258 e. The number of nitrogens with zero attached hydrogens (tertiary/aromatic N) is 3. The van der Waals surface area contributed by atoms with Crippen LogP contribution in [0, 0.1) is 12.7 Å². The minimum atomic E-state index is -0.410. The van der Waals surface area contributed by atoms with Gasteiger partial charge in [-0.1, -0.05) is 17.3 Å². The lowest BCUT2D eigenvalue weighted by Gasteiger charge is -2.17. The fourth-order valence-electron chi connectivity index (χ4n) is 3.64. The Morgan fingerprint density at radius 3 is 3.00 bits per heavy atom. The van der Waals surface area contributed by atoms with Crippen molar-refractivity contribution >= 4 is 22.5 Å². The van der Waals surface area contributed by atoms with E-state index in [4.69, 9.17) is 4.52 Å². The van der Waals surface area contributed by atoms with Gasteiger partial charge in [0.25, 0.3) is 5.89 Å². The second kappa shape index (κ2) is 6.30. The van der Waals surface area contributed by atoms with Gasteiger partial charge in [-0.25, -0.2) is 4.39 Å². The average molecular weight is 376 g/mol. The Morgan fingerprint density at radius 2 is 2.11 bits per heavy atom. The van der Waals surface area contributed by atoms with Crippen LogP contribution in [0.1, 0.15) is 23.7 Å². The molecule has 1 N–H and O–H groups in total. The van der Waals surface area contributed by atoms with E-state index >= 15 is 0 Å². The summed E-state index contributed by atoms with van der Waals surface area (Å²) in [6, 6.07) is 12.6. The molecule has 6 nitrogen and oxygen atoms in total. The van der Waals surface area contributed by atoms with Gasteiger partial charge in [-0.15, -0.1) is 0 Å². The molecule has 1 aliphatic rings. The number of fused-ring (bicyclic) bond motifs is 1. The zero-order valence-corrected chi connectivity index (χ0v) is 15.1. The Morgan fingerprint density at radius 1 is 1.21 bits per heavy atom. The third kappa shape index (κ3) is 2.76. The van der Waals surface area contributed by atoms with E-state index in [1.165, 1.54) is 11.0 Å². The predicted octanol–water partition coefficient (Wildman–Crippen LogP) is 4.19. The van der Waals surface area contributed by atoms with E-state index in [1.807, 2.05) is 37.4 Å². The van der Waals surface area contributed by atoms with E-state index in [2.05, 4.69) is 15.1 Å². The van der Waals surface area contributed by atoms with Gasteiger partial charge in [0.15, 0.2) is 5.82 Å². The first-order chi connectivity index (χ1) is 13.6. The summed E-state index contributed by atoms with van der Waals surface area (Å²) in [6.45, 7) is 2.20. The molecule has 2 aromatic heterocycles. The van der Waals surface area contributed by atoms with Gasteiger partial charge in [0.05, 0.1) is 5.69 Å². The molecular weight excluding hydrogens is 359 g/mol. The van der Waals surface area contributed by atoms with Crippen LogP contribution < -0.4 is 4.90 Å². The summed E-state index contributed by atoms with van der Waals surface area (Å²) in [7, 11) is 0. The molecule has 5 rings (SSSR count). The molecule has 4 aromatic rings. The normalized spacial score (nSPS) is 17.0. The van der Waals surface area contributed by atoms with E-state index in [0.717, 1.165) is 22.0 Å². The van der Waals surface area contributed by atoms with Gasteiger partial charge in [0, 0.05) is 36.2 Å². The summed E-state index contributed by atoms with van der Waals surface area (Å²) in [5, 5.41) is 5.17. The Bertz CT molecular complexity index is 1200. The first-order valence-electron chi connectivity index (χ1n) is 9.06. The molecule has 1 amide bonds. The van der Waals surface area contributed by atoms with Crippen LogP contribution in [0.2, 0.25) is 0 Å². The molecule has 1 unspecified atom stereocenters. The van der Waals surface area contributed by atoms with Gasteiger partial charge in [-0.05, 0) is 48.2 Å². The molecule has 140 valence electrons. The molecule has 1 aliphatic heterocycles. The van der Waals surface area contributed by atoms with Gasteiger partial charge in [-0.3, -0.25) is 4.79 Å². The van der Waals surface area contributed by atoms with Crippen LogP contribution in [-0.2, 0) is 4.79 Å². The zero-order chi connectivity index (χ0) is 19.3. The van der Waals surface area contributed by atoms with Crippen molar-refractivity contribution in [2.75, 3.05) is 11.4 Å². The summed E-state index contributed by atoms with van der Waals surface area (Å²) in [5.41, 5.74) is 2.98. The molecule has 1 atom stereocenters. The maximum atomic E-state index is 14.2. The Hall–Kier alpha value is -3.48. The number of hydrogen-bond acceptors (Lipinski definition) is 4. The third-order valence-corrected chi connectivity index (χ3v) is 5.13. The molecule has 1 fully saturated rings. The molecule has 3 heterocycles. The Balaban J connectivity index is 1.41. The number of amides is 1. The lowest BCUT2D eigenvalue weighted by Crippen LogP contribution is -2.25. The highest BCUT2D eigenvalue weighted by Gasteiger charge is 2.35. The van der Waals surface area contributed by atoms with Crippen molar-refractivity contribution in [3.8, 4) is 11.5 Å². The highest BCUT2D eigenvalue weighted by atomic mass is 19.1. The van der Waals surface area contributed by atoms with Gasteiger partial charge in [0.2, 0.25) is 5.91 Å². The highest BCUT2D eigenvalue weighted by Crippen LogP contribution is 2.33. The number of carbonyl (C=O) groups excluding carboxylic acids is 1. The quantitative estimate of drug-likeness (QED) is 0.582. The van der Waals surface area contributed by atoms with Crippen molar-refractivity contribution in [2.24, 2.45) is 0 Å². The van der Waals surface area contributed by atoms with Gasteiger partial charge < -0.3 is 14.4 Å². The molecule has 0 saturated carbocycles. The van der Waals surface area contributed by atoms with Crippen molar-refractivity contribution in [3.63, 3.8) is 0 Å². The van der Waals surface area contributed by atoms with Crippen molar-refractivity contribution in [2.45, 2.75) is 19.3 Å². The van der Waals surface area contributed by atoms with E-state index in [-0.39, 0.29) is 18.2 Å². The average Bonchev–Trinajstić information content (AvgIpc) is 3.42. The van der Waals surface area contributed by atoms with E-state index in [0.29, 0.717) is 23.9 Å². The Labute approximate surface area is 160 Å². The summed E-state index contributed by atoms with van der Waals surface area (Å²) in [4.78, 5) is 21.6. The highest BCUT2D eigenvalue weighted by molar-refractivity contribution is 5.96. The largest absolute Gasteiger partial charge is 0.361 e. The number of aromatic nitrogens is 3. The number of benzene rings is 2. The van der Waals surface area contributed by atoms with Crippen molar-refractivity contribution in [1.29, 1.82) is 0 Å². The first kappa shape index (κ1) is 16.7. The summed E-state index contributed by atoms with van der Waals surface area (Å²) >= 11 is 0. The van der Waals surface area contributed by atoms with Crippen LogP contribution in [0.25, 0.3) is 22.4 Å². The monoisotopic (exact) mass is 376 g/mol. The minimum absolute atomic E-state index is 0.145. The fourth-order valence-corrected chi connectivity index (χ4v) is 3.64. The number of rotatable bonds is 3. The number of anilines is 1. The molecule has 0 radical (unpaired) electrons. The van der Waals surface area contributed by atoms with Crippen molar-refractivity contribution < 1.29 is 13.7 Å². The number of halogens is 1. The lowest BCUT2D eigenvalue weighted by atomic mass is 10.1. The number of nitrogens with one attached hydrogen (secondary N) is 1. The number of carbonyl (C=O) groups is 1.